The lowest BCUT2D eigenvalue weighted by Crippen LogP contribution is -2.50. The third-order valence-electron chi connectivity index (χ3n) is 6.10. The summed E-state index contributed by atoms with van der Waals surface area (Å²) in [5.41, 5.74) is 0.966. The molecule has 5 rings (SSSR count). The monoisotopic (exact) mass is 375 g/mol. The number of hydrogen-bond acceptors (Lipinski definition) is 3. The second-order valence-electron chi connectivity index (χ2n) is 7.92. The van der Waals surface area contributed by atoms with Crippen LogP contribution in [0.5, 0.6) is 5.75 Å². The summed E-state index contributed by atoms with van der Waals surface area (Å²) in [6, 6.07) is 18.8. The van der Waals surface area contributed by atoms with Gasteiger partial charge in [-0.15, -0.1) is 0 Å². The molecule has 1 saturated heterocycles. The Morgan fingerprint density at radius 3 is 2.54 bits per heavy atom. The highest BCUT2D eigenvalue weighted by molar-refractivity contribution is 6.06. The van der Waals surface area contributed by atoms with Gasteiger partial charge < -0.3 is 4.74 Å². The predicted octanol–water partition coefficient (Wildman–Crippen LogP) is 4.98. The van der Waals surface area contributed by atoms with Gasteiger partial charge in [-0.25, -0.2) is 4.39 Å². The third kappa shape index (κ3) is 2.98. The van der Waals surface area contributed by atoms with E-state index in [9.17, 15) is 9.18 Å². The van der Waals surface area contributed by atoms with Gasteiger partial charge in [-0.1, -0.05) is 48.5 Å². The molecule has 0 amide bonds. The molecule has 142 valence electrons. The first-order chi connectivity index (χ1) is 13.6. The quantitative estimate of drug-likeness (QED) is 0.633. The van der Waals surface area contributed by atoms with E-state index in [2.05, 4.69) is 4.90 Å². The van der Waals surface area contributed by atoms with Crippen LogP contribution in [0.2, 0.25) is 0 Å². The summed E-state index contributed by atoms with van der Waals surface area (Å²) in [6.45, 7) is 2.18. The number of piperidine rings is 1. The number of likely N-dealkylation sites (tertiary alicyclic amines) is 1. The predicted molar refractivity (Wildman–Crippen MR) is 107 cm³/mol. The van der Waals surface area contributed by atoms with Crippen LogP contribution in [-0.2, 0) is 6.54 Å². The number of fused-ring (bicyclic) bond motifs is 3. The number of halogens is 1. The topological polar surface area (TPSA) is 29.5 Å². The lowest BCUT2D eigenvalue weighted by Gasteiger charge is -2.44. The fourth-order valence-electron chi connectivity index (χ4n) is 4.48. The summed E-state index contributed by atoms with van der Waals surface area (Å²) in [4.78, 5) is 15.1. The van der Waals surface area contributed by atoms with Gasteiger partial charge in [0.25, 0.3) is 0 Å². The summed E-state index contributed by atoms with van der Waals surface area (Å²) in [5.74, 6) is 0.735. The van der Waals surface area contributed by atoms with Crippen molar-refractivity contribution in [2.24, 2.45) is 0 Å². The van der Waals surface area contributed by atoms with Crippen molar-refractivity contribution in [3.63, 3.8) is 0 Å². The molecule has 4 heteroatoms. The first-order valence-corrected chi connectivity index (χ1v) is 9.83. The van der Waals surface area contributed by atoms with Crippen LogP contribution in [0.25, 0.3) is 10.8 Å². The van der Waals surface area contributed by atoms with Gasteiger partial charge in [0.15, 0.2) is 5.78 Å². The molecule has 0 N–H and O–H groups in total. The Morgan fingerprint density at radius 2 is 1.71 bits per heavy atom. The van der Waals surface area contributed by atoms with E-state index in [-0.39, 0.29) is 11.6 Å². The summed E-state index contributed by atoms with van der Waals surface area (Å²) < 4.78 is 20.5. The van der Waals surface area contributed by atoms with Gasteiger partial charge in [0.05, 0.1) is 12.0 Å². The van der Waals surface area contributed by atoms with Crippen LogP contribution in [-0.4, -0.2) is 29.4 Å². The van der Waals surface area contributed by atoms with E-state index in [1.165, 1.54) is 6.07 Å². The molecule has 3 aromatic carbocycles. The Morgan fingerprint density at radius 1 is 0.964 bits per heavy atom. The molecule has 3 aromatic rings. The molecule has 0 bridgehead atoms. The number of hydrogen-bond donors (Lipinski definition) is 0. The van der Waals surface area contributed by atoms with Gasteiger partial charge in [-0.3, -0.25) is 9.69 Å². The number of carbonyl (C=O) groups excluding carboxylic acids is 1. The zero-order valence-corrected chi connectivity index (χ0v) is 15.7. The van der Waals surface area contributed by atoms with E-state index >= 15 is 0 Å². The normalized spacial score (nSPS) is 18.8. The van der Waals surface area contributed by atoms with Crippen LogP contribution in [0, 0.1) is 5.82 Å². The average molecular weight is 375 g/mol. The molecule has 1 spiro atoms. The maximum atomic E-state index is 14.0. The highest BCUT2D eigenvalue weighted by atomic mass is 19.1. The van der Waals surface area contributed by atoms with E-state index in [1.54, 1.807) is 6.07 Å². The molecular formula is C24H22FNO2. The smallest absolute Gasteiger partial charge is 0.170 e. The second kappa shape index (κ2) is 6.71. The zero-order valence-electron chi connectivity index (χ0n) is 15.7. The number of carbonyl (C=O) groups is 1. The number of ketones is 1. The van der Waals surface area contributed by atoms with Crippen LogP contribution in [0.4, 0.5) is 4.39 Å². The minimum atomic E-state index is -0.445. The van der Waals surface area contributed by atoms with E-state index in [0.717, 1.165) is 48.0 Å². The highest BCUT2D eigenvalue weighted by Gasteiger charge is 2.43. The molecule has 2 aliphatic heterocycles. The molecule has 0 aromatic heterocycles. The Labute approximate surface area is 163 Å². The maximum Gasteiger partial charge on any atom is 0.170 e. The van der Waals surface area contributed by atoms with Crippen molar-refractivity contribution in [3.05, 3.63) is 77.6 Å². The molecule has 28 heavy (non-hydrogen) atoms. The maximum absolute atomic E-state index is 14.0. The van der Waals surface area contributed by atoms with Gasteiger partial charge in [0.1, 0.15) is 17.2 Å². The zero-order chi connectivity index (χ0) is 19.1. The highest BCUT2D eigenvalue weighted by Crippen LogP contribution is 2.43. The van der Waals surface area contributed by atoms with Gasteiger partial charge in [-0.05, 0) is 17.5 Å². The standard InChI is InChI=1S/C24H22FNO2/c25-21-8-4-2-6-18(21)16-26-13-11-24(12-14-26)15-22(27)20-10-9-17-5-1-3-7-19(17)23(20)28-24/h1-10H,11-16H2. The van der Waals surface area contributed by atoms with Gasteiger partial charge in [0.2, 0.25) is 0 Å². The third-order valence-corrected chi connectivity index (χ3v) is 6.10. The molecule has 3 nitrogen and oxygen atoms in total. The van der Waals surface area contributed by atoms with Crippen molar-refractivity contribution in [2.75, 3.05) is 13.1 Å². The molecule has 2 heterocycles. The van der Waals surface area contributed by atoms with E-state index in [1.807, 2.05) is 48.5 Å². The molecular weight excluding hydrogens is 353 g/mol. The van der Waals surface area contributed by atoms with Crippen molar-refractivity contribution < 1.29 is 13.9 Å². The van der Waals surface area contributed by atoms with Gasteiger partial charge in [-0.2, -0.15) is 0 Å². The van der Waals surface area contributed by atoms with E-state index in [0.29, 0.717) is 18.5 Å². The van der Waals surface area contributed by atoms with Crippen LogP contribution in [0.15, 0.2) is 60.7 Å². The van der Waals surface area contributed by atoms with Crippen molar-refractivity contribution in [2.45, 2.75) is 31.4 Å². The van der Waals surface area contributed by atoms with Crippen LogP contribution < -0.4 is 4.74 Å². The van der Waals surface area contributed by atoms with Crippen LogP contribution in [0.1, 0.15) is 35.2 Å². The second-order valence-corrected chi connectivity index (χ2v) is 7.92. The van der Waals surface area contributed by atoms with Gasteiger partial charge >= 0.3 is 0 Å². The Kier molecular flexibility index (Phi) is 4.17. The van der Waals surface area contributed by atoms with Crippen LogP contribution >= 0.6 is 0 Å². The number of benzene rings is 3. The van der Waals surface area contributed by atoms with Crippen molar-refractivity contribution in [3.8, 4) is 5.75 Å². The summed E-state index contributed by atoms with van der Waals surface area (Å²) in [7, 11) is 0. The molecule has 0 aliphatic carbocycles. The molecule has 0 saturated carbocycles. The van der Waals surface area contributed by atoms with Crippen LogP contribution in [0.3, 0.4) is 0 Å². The molecule has 0 radical (unpaired) electrons. The number of Topliss-reactive ketones (excluding diaryl/α,β-unsaturated/α-hetero) is 1. The lowest BCUT2D eigenvalue weighted by molar-refractivity contribution is -0.00978. The van der Waals surface area contributed by atoms with E-state index in [4.69, 9.17) is 4.74 Å². The van der Waals surface area contributed by atoms with Crippen molar-refractivity contribution in [1.29, 1.82) is 0 Å². The SMILES string of the molecule is O=C1CC2(CCN(Cc3ccccc3F)CC2)Oc2c1ccc1ccccc21. The first kappa shape index (κ1) is 17.4. The minimum absolute atomic E-state index is 0.160. The number of rotatable bonds is 2. The molecule has 1 fully saturated rings. The lowest BCUT2D eigenvalue weighted by atomic mass is 9.81. The van der Waals surface area contributed by atoms with Crippen molar-refractivity contribution in [1.82, 2.24) is 4.90 Å². The van der Waals surface area contributed by atoms with E-state index < -0.39 is 5.60 Å². The number of nitrogens with zero attached hydrogens (tertiary/aromatic N) is 1. The fourth-order valence-corrected chi connectivity index (χ4v) is 4.48. The first-order valence-electron chi connectivity index (χ1n) is 9.83. The molecule has 0 unspecified atom stereocenters. The minimum Gasteiger partial charge on any atom is -0.485 e. The molecule has 2 aliphatic rings. The summed E-state index contributed by atoms with van der Waals surface area (Å²) >= 11 is 0. The Balaban J connectivity index is 1.38. The number of ether oxygens (including phenoxy) is 1. The van der Waals surface area contributed by atoms with Gasteiger partial charge in [0, 0.05) is 43.4 Å². The largest absolute Gasteiger partial charge is 0.485 e. The summed E-state index contributed by atoms with van der Waals surface area (Å²) in [5, 5.41) is 2.09. The fraction of sp³-hybridized carbons (Fsp3) is 0.292. The molecule has 0 atom stereocenters. The summed E-state index contributed by atoms with van der Waals surface area (Å²) in [6.07, 6.45) is 1.97. The van der Waals surface area contributed by atoms with Crippen molar-refractivity contribution >= 4 is 16.6 Å². The average Bonchev–Trinajstić information content (AvgIpc) is 2.71. The Bertz CT molecular complexity index is 1050. The Hall–Kier alpha value is -2.72.